The number of hydrogen-bond acceptors (Lipinski definition) is 7. The zero-order valence-corrected chi connectivity index (χ0v) is 15.5. The first-order valence-electron chi connectivity index (χ1n) is 9.48. The highest BCUT2D eigenvalue weighted by Crippen LogP contribution is 2.22. The van der Waals surface area contributed by atoms with E-state index in [-0.39, 0.29) is 17.7 Å². The molecule has 2 fully saturated rings. The first-order chi connectivity index (χ1) is 13.7. The molecule has 2 N–H and O–H groups in total. The average molecular weight is 381 g/mol. The fourth-order valence-electron chi connectivity index (χ4n) is 3.58. The number of anilines is 3. The Hall–Kier alpha value is -3.23. The van der Waals surface area contributed by atoms with Crippen LogP contribution >= 0.6 is 0 Å². The van der Waals surface area contributed by atoms with Gasteiger partial charge in [0.25, 0.3) is 0 Å². The lowest BCUT2D eigenvalue weighted by molar-refractivity contribution is -0.121. The van der Waals surface area contributed by atoms with Gasteiger partial charge in [0.1, 0.15) is 11.6 Å². The second-order valence-corrected chi connectivity index (χ2v) is 7.01. The normalized spacial score (nSPS) is 19.9. The van der Waals surface area contributed by atoms with E-state index in [2.05, 4.69) is 30.5 Å². The van der Waals surface area contributed by atoms with Gasteiger partial charge in [0.2, 0.25) is 11.8 Å². The van der Waals surface area contributed by atoms with Crippen molar-refractivity contribution in [1.29, 1.82) is 0 Å². The molecule has 2 aliphatic rings. The van der Waals surface area contributed by atoms with Crippen LogP contribution in [0.5, 0.6) is 0 Å². The second kappa shape index (κ2) is 8.20. The maximum Gasteiger partial charge on any atom is 0.239 e. The number of nitrogens with one attached hydrogen (secondary N) is 2. The lowest BCUT2D eigenvalue weighted by Gasteiger charge is -2.32. The molecule has 2 aromatic heterocycles. The minimum Gasteiger partial charge on any atom is -0.355 e. The third-order valence-corrected chi connectivity index (χ3v) is 5.04. The molecule has 28 heavy (non-hydrogen) atoms. The predicted octanol–water partition coefficient (Wildman–Crippen LogP) is 0.663. The maximum absolute atomic E-state index is 12.7. The number of amides is 2. The highest BCUT2D eigenvalue weighted by Gasteiger charge is 2.27. The molecule has 0 aromatic carbocycles. The average Bonchev–Trinajstić information content (AvgIpc) is 2.75. The van der Waals surface area contributed by atoms with E-state index in [9.17, 15) is 9.59 Å². The zero-order chi connectivity index (χ0) is 19.3. The molecule has 146 valence electrons. The molecule has 4 heterocycles. The molecule has 9 nitrogen and oxygen atoms in total. The van der Waals surface area contributed by atoms with Gasteiger partial charge in [-0.15, -0.1) is 0 Å². The van der Waals surface area contributed by atoms with Crippen LogP contribution in [0.2, 0.25) is 0 Å². The third-order valence-electron chi connectivity index (χ3n) is 5.04. The van der Waals surface area contributed by atoms with Crippen LogP contribution in [0.25, 0.3) is 0 Å². The van der Waals surface area contributed by atoms with Crippen LogP contribution in [0.15, 0.2) is 36.9 Å². The van der Waals surface area contributed by atoms with Crippen molar-refractivity contribution in [1.82, 2.24) is 20.3 Å². The highest BCUT2D eigenvalue weighted by atomic mass is 16.2. The standard InChI is InChI=1S/C19H23N7O2/c27-18-13-26(9-7-22-18)16-4-3-15(10-23-16)24-19(28)14-2-1-8-25(12-14)17-11-20-5-6-21-17/h3-6,10-11,14H,1-2,7-9,12-13H2,(H,22,27)(H,24,28). The molecule has 2 saturated heterocycles. The predicted molar refractivity (Wildman–Crippen MR) is 105 cm³/mol. The lowest BCUT2D eigenvalue weighted by Crippen LogP contribution is -2.48. The Bertz CT molecular complexity index is 828. The van der Waals surface area contributed by atoms with Gasteiger partial charge in [0.15, 0.2) is 0 Å². The van der Waals surface area contributed by atoms with Crippen molar-refractivity contribution in [2.45, 2.75) is 12.8 Å². The van der Waals surface area contributed by atoms with E-state index >= 15 is 0 Å². The number of carbonyl (C=O) groups is 2. The van der Waals surface area contributed by atoms with Crippen LogP contribution < -0.4 is 20.4 Å². The minimum atomic E-state index is -0.110. The van der Waals surface area contributed by atoms with Crippen LogP contribution in [0, 0.1) is 5.92 Å². The Morgan fingerprint density at radius 1 is 1.11 bits per heavy atom. The van der Waals surface area contributed by atoms with Gasteiger partial charge in [-0.25, -0.2) is 9.97 Å². The summed E-state index contributed by atoms with van der Waals surface area (Å²) in [4.78, 5) is 41.1. The number of piperazine rings is 1. The van der Waals surface area contributed by atoms with E-state index in [0.29, 0.717) is 25.3 Å². The highest BCUT2D eigenvalue weighted by molar-refractivity contribution is 5.93. The van der Waals surface area contributed by atoms with E-state index in [1.165, 1.54) is 0 Å². The molecule has 0 aliphatic carbocycles. The number of nitrogens with zero attached hydrogens (tertiary/aromatic N) is 5. The molecule has 0 saturated carbocycles. The van der Waals surface area contributed by atoms with Crippen molar-refractivity contribution in [3.05, 3.63) is 36.9 Å². The molecule has 2 amide bonds. The summed E-state index contributed by atoms with van der Waals surface area (Å²) in [6.07, 6.45) is 8.45. The molecule has 1 atom stereocenters. The topological polar surface area (TPSA) is 103 Å². The van der Waals surface area contributed by atoms with E-state index in [1.807, 2.05) is 17.0 Å². The van der Waals surface area contributed by atoms with Crippen molar-refractivity contribution >= 4 is 29.1 Å². The van der Waals surface area contributed by atoms with Gasteiger partial charge in [-0.05, 0) is 25.0 Å². The Morgan fingerprint density at radius 2 is 2.04 bits per heavy atom. The summed E-state index contributed by atoms with van der Waals surface area (Å²) in [7, 11) is 0. The third kappa shape index (κ3) is 4.19. The summed E-state index contributed by atoms with van der Waals surface area (Å²) < 4.78 is 0. The monoisotopic (exact) mass is 381 g/mol. The Morgan fingerprint density at radius 3 is 2.79 bits per heavy atom. The summed E-state index contributed by atoms with van der Waals surface area (Å²) in [5.74, 6) is 1.41. The first-order valence-corrected chi connectivity index (χ1v) is 9.48. The van der Waals surface area contributed by atoms with Gasteiger partial charge in [-0.2, -0.15) is 0 Å². The number of rotatable bonds is 4. The quantitative estimate of drug-likeness (QED) is 0.802. The fourth-order valence-corrected chi connectivity index (χ4v) is 3.58. The molecule has 0 radical (unpaired) electrons. The number of aromatic nitrogens is 3. The van der Waals surface area contributed by atoms with Crippen LogP contribution in [0.3, 0.4) is 0 Å². The number of hydrogen-bond donors (Lipinski definition) is 2. The van der Waals surface area contributed by atoms with Crippen molar-refractivity contribution in [3.8, 4) is 0 Å². The molecular formula is C19H23N7O2. The number of piperidine rings is 1. The molecule has 2 aliphatic heterocycles. The summed E-state index contributed by atoms with van der Waals surface area (Å²) >= 11 is 0. The van der Waals surface area contributed by atoms with Crippen molar-refractivity contribution < 1.29 is 9.59 Å². The fraction of sp³-hybridized carbons (Fsp3) is 0.421. The van der Waals surface area contributed by atoms with Crippen LogP contribution in [0.1, 0.15) is 12.8 Å². The summed E-state index contributed by atoms with van der Waals surface area (Å²) in [6, 6.07) is 3.66. The molecule has 0 bridgehead atoms. The van der Waals surface area contributed by atoms with Gasteiger partial charge in [-0.3, -0.25) is 14.6 Å². The van der Waals surface area contributed by atoms with Gasteiger partial charge in [0.05, 0.1) is 30.5 Å². The van der Waals surface area contributed by atoms with Crippen molar-refractivity contribution in [3.63, 3.8) is 0 Å². The van der Waals surface area contributed by atoms with Crippen molar-refractivity contribution in [2.75, 3.05) is 47.8 Å². The van der Waals surface area contributed by atoms with Crippen LogP contribution in [-0.4, -0.2) is 59.5 Å². The van der Waals surface area contributed by atoms with Gasteiger partial charge < -0.3 is 20.4 Å². The van der Waals surface area contributed by atoms with Crippen molar-refractivity contribution in [2.24, 2.45) is 5.92 Å². The molecule has 9 heteroatoms. The summed E-state index contributed by atoms with van der Waals surface area (Å²) in [5.41, 5.74) is 0.659. The zero-order valence-electron chi connectivity index (χ0n) is 15.5. The van der Waals surface area contributed by atoms with Crippen LogP contribution in [0.4, 0.5) is 17.3 Å². The maximum atomic E-state index is 12.7. The van der Waals surface area contributed by atoms with E-state index in [1.54, 1.807) is 24.8 Å². The molecule has 1 unspecified atom stereocenters. The van der Waals surface area contributed by atoms with E-state index in [4.69, 9.17) is 0 Å². The minimum absolute atomic E-state index is 0.00427. The Labute approximate surface area is 163 Å². The molecule has 0 spiro atoms. The molecular weight excluding hydrogens is 358 g/mol. The molecule has 2 aromatic rings. The number of carbonyl (C=O) groups excluding carboxylic acids is 2. The first kappa shape index (κ1) is 18.1. The second-order valence-electron chi connectivity index (χ2n) is 7.01. The van der Waals surface area contributed by atoms with E-state index < -0.39 is 0 Å². The Kier molecular flexibility index (Phi) is 5.31. The van der Waals surface area contributed by atoms with Gasteiger partial charge in [-0.1, -0.05) is 0 Å². The summed E-state index contributed by atoms with van der Waals surface area (Å²) in [6.45, 7) is 3.15. The Balaban J connectivity index is 1.36. The number of pyridine rings is 1. The van der Waals surface area contributed by atoms with Gasteiger partial charge in [0, 0.05) is 38.6 Å². The van der Waals surface area contributed by atoms with Gasteiger partial charge >= 0.3 is 0 Å². The lowest BCUT2D eigenvalue weighted by atomic mass is 9.97. The SMILES string of the molecule is O=C1CN(c2ccc(NC(=O)C3CCCN(c4cnccn4)C3)cn2)CCN1. The molecule has 4 rings (SSSR count). The smallest absolute Gasteiger partial charge is 0.239 e. The largest absolute Gasteiger partial charge is 0.355 e. The van der Waals surface area contributed by atoms with Crippen LogP contribution in [-0.2, 0) is 9.59 Å². The summed E-state index contributed by atoms with van der Waals surface area (Å²) in [5, 5.41) is 5.75. The van der Waals surface area contributed by atoms with E-state index in [0.717, 1.165) is 37.6 Å².